The first-order chi connectivity index (χ1) is 9.72. The Bertz CT molecular complexity index is 422. The molecule has 0 radical (unpaired) electrons. The van der Waals surface area contributed by atoms with Crippen LogP contribution in [-0.4, -0.2) is 30.1 Å². The van der Waals surface area contributed by atoms with Crippen LogP contribution in [-0.2, 0) is 6.54 Å². The van der Waals surface area contributed by atoms with Crippen LogP contribution < -0.4 is 5.32 Å². The van der Waals surface area contributed by atoms with Crippen LogP contribution in [0.25, 0.3) is 0 Å². The molecule has 110 valence electrons. The smallest absolute Gasteiger partial charge is 0.0236 e. The number of nitrogens with one attached hydrogen (secondary N) is 1. The second-order valence-electron chi connectivity index (χ2n) is 6.79. The average Bonchev–Trinajstić information content (AvgIpc) is 3.21. The van der Waals surface area contributed by atoms with E-state index in [0.717, 1.165) is 25.2 Å². The molecule has 1 saturated heterocycles. The summed E-state index contributed by atoms with van der Waals surface area (Å²) in [5, 5.41) is 3.63. The minimum atomic E-state index is 0.621. The molecule has 0 bridgehead atoms. The second-order valence-corrected chi connectivity index (χ2v) is 6.79. The highest BCUT2D eigenvalue weighted by Crippen LogP contribution is 2.23. The molecule has 1 aliphatic heterocycles. The molecule has 2 nitrogen and oxygen atoms in total. The lowest BCUT2D eigenvalue weighted by Crippen LogP contribution is -2.26. The van der Waals surface area contributed by atoms with Crippen molar-refractivity contribution < 1.29 is 0 Å². The Labute approximate surface area is 123 Å². The maximum absolute atomic E-state index is 3.63. The summed E-state index contributed by atoms with van der Waals surface area (Å²) in [5.74, 6) is 0.621. The molecule has 3 rings (SSSR count). The largest absolute Gasteiger partial charge is 0.313 e. The predicted octanol–water partition coefficient (Wildman–Crippen LogP) is 3.53. The van der Waals surface area contributed by atoms with Gasteiger partial charge in [-0.05, 0) is 56.2 Å². The van der Waals surface area contributed by atoms with Gasteiger partial charge in [0.05, 0.1) is 0 Å². The topological polar surface area (TPSA) is 15.3 Å². The van der Waals surface area contributed by atoms with E-state index >= 15 is 0 Å². The van der Waals surface area contributed by atoms with Gasteiger partial charge in [-0.3, -0.25) is 4.90 Å². The van der Waals surface area contributed by atoms with Gasteiger partial charge in [-0.25, -0.2) is 0 Å². The zero-order valence-electron chi connectivity index (χ0n) is 12.9. The number of rotatable bonds is 6. The number of nitrogens with zero attached hydrogens (tertiary/aromatic N) is 1. The molecule has 1 heterocycles. The number of hydrogen-bond acceptors (Lipinski definition) is 2. The molecule has 1 N–H and O–H groups in total. The zero-order chi connectivity index (χ0) is 13.9. The van der Waals surface area contributed by atoms with E-state index in [1.807, 2.05) is 0 Å². The van der Waals surface area contributed by atoms with Crippen LogP contribution in [0.4, 0.5) is 0 Å². The highest BCUT2D eigenvalue weighted by atomic mass is 15.2. The van der Waals surface area contributed by atoms with E-state index in [2.05, 4.69) is 48.3 Å². The molecule has 1 aliphatic carbocycles. The first-order valence-electron chi connectivity index (χ1n) is 8.28. The zero-order valence-corrected chi connectivity index (χ0v) is 12.9. The standard InChI is InChI=1S/C18H28N2/c1-14(12-19-18-9-10-18)17-7-5-16(6-8-17)13-20-11-3-4-15(20)2/h5-8,14-15,18-19H,3-4,9-13H2,1-2H3. The van der Waals surface area contributed by atoms with Gasteiger partial charge < -0.3 is 5.32 Å². The van der Waals surface area contributed by atoms with Gasteiger partial charge >= 0.3 is 0 Å². The molecule has 2 atom stereocenters. The molecular weight excluding hydrogens is 244 g/mol. The fraction of sp³-hybridized carbons (Fsp3) is 0.667. The Kier molecular flexibility index (Phi) is 4.42. The van der Waals surface area contributed by atoms with Gasteiger partial charge in [0.2, 0.25) is 0 Å². The molecule has 2 unspecified atom stereocenters. The highest BCUT2D eigenvalue weighted by molar-refractivity contribution is 5.25. The fourth-order valence-electron chi connectivity index (χ4n) is 3.16. The molecule has 1 aromatic carbocycles. The number of likely N-dealkylation sites (tertiary alicyclic amines) is 1. The van der Waals surface area contributed by atoms with Crippen molar-refractivity contribution in [1.82, 2.24) is 10.2 Å². The van der Waals surface area contributed by atoms with Crippen molar-refractivity contribution in [2.45, 2.75) is 64.1 Å². The van der Waals surface area contributed by atoms with Crippen LogP contribution in [0.1, 0.15) is 56.6 Å². The van der Waals surface area contributed by atoms with Crippen LogP contribution in [0.3, 0.4) is 0 Å². The van der Waals surface area contributed by atoms with E-state index in [-0.39, 0.29) is 0 Å². The Hall–Kier alpha value is -0.860. The van der Waals surface area contributed by atoms with Crippen molar-refractivity contribution in [2.24, 2.45) is 0 Å². The van der Waals surface area contributed by atoms with Crippen molar-refractivity contribution in [3.63, 3.8) is 0 Å². The summed E-state index contributed by atoms with van der Waals surface area (Å²) in [5.41, 5.74) is 2.93. The Morgan fingerprint density at radius 3 is 2.55 bits per heavy atom. The van der Waals surface area contributed by atoms with Crippen molar-refractivity contribution in [1.29, 1.82) is 0 Å². The third kappa shape index (κ3) is 3.62. The lowest BCUT2D eigenvalue weighted by molar-refractivity contribution is 0.260. The van der Waals surface area contributed by atoms with Crippen LogP contribution in [0.15, 0.2) is 24.3 Å². The Balaban J connectivity index is 1.53. The van der Waals surface area contributed by atoms with Crippen molar-refractivity contribution >= 4 is 0 Å². The van der Waals surface area contributed by atoms with Gasteiger partial charge in [-0.15, -0.1) is 0 Å². The minimum Gasteiger partial charge on any atom is -0.313 e. The summed E-state index contributed by atoms with van der Waals surface area (Å²) in [6.45, 7) is 8.19. The highest BCUT2D eigenvalue weighted by Gasteiger charge is 2.21. The first kappa shape index (κ1) is 14.1. The molecule has 2 fully saturated rings. The van der Waals surface area contributed by atoms with Crippen LogP contribution >= 0.6 is 0 Å². The molecule has 0 aromatic heterocycles. The maximum atomic E-state index is 3.63. The van der Waals surface area contributed by atoms with Crippen LogP contribution in [0, 0.1) is 0 Å². The van der Waals surface area contributed by atoms with E-state index in [0.29, 0.717) is 5.92 Å². The van der Waals surface area contributed by atoms with E-state index in [1.54, 1.807) is 0 Å². The van der Waals surface area contributed by atoms with E-state index in [4.69, 9.17) is 0 Å². The summed E-state index contributed by atoms with van der Waals surface area (Å²) < 4.78 is 0. The first-order valence-corrected chi connectivity index (χ1v) is 8.28. The summed E-state index contributed by atoms with van der Waals surface area (Å²) in [6.07, 6.45) is 5.48. The summed E-state index contributed by atoms with van der Waals surface area (Å²) >= 11 is 0. The molecular formula is C18H28N2. The van der Waals surface area contributed by atoms with Crippen molar-refractivity contribution in [3.8, 4) is 0 Å². The van der Waals surface area contributed by atoms with Crippen molar-refractivity contribution in [3.05, 3.63) is 35.4 Å². The summed E-state index contributed by atoms with van der Waals surface area (Å²) in [7, 11) is 0. The molecule has 1 saturated carbocycles. The molecule has 1 aromatic rings. The van der Waals surface area contributed by atoms with Gasteiger partial charge in [-0.1, -0.05) is 31.2 Å². The monoisotopic (exact) mass is 272 g/mol. The quantitative estimate of drug-likeness (QED) is 0.852. The van der Waals surface area contributed by atoms with E-state index < -0.39 is 0 Å². The van der Waals surface area contributed by atoms with Gasteiger partial charge in [-0.2, -0.15) is 0 Å². The molecule has 20 heavy (non-hydrogen) atoms. The Morgan fingerprint density at radius 1 is 1.20 bits per heavy atom. The third-order valence-corrected chi connectivity index (χ3v) is 4.92. The molecule has 2 aliphatic rings. The fourth-order valence-corrected chi connectivity index (χ4v) is 3.16. The van der Waals surface area contributed by atoms with Gasteiger partial charge in [0.1, 0.15) is 0 Å². The van der Waals surface area contributed by atoms with Crippen LogP contribution in [0.5, 0.6) is 0 Å². The predicted molar refractivity (Wildman–Crippen MR) is 85.0 cm³/mol. The van der Waals surface area contributed by atoms with Gasteiger partial charge in [0.15, 0.2) is 0 Å². The normalized spacial score (nSPS) is 25.0. The van der Waals surface area contributed by atoms with Gasteiger partial charge in [0.25, 0.3) is 0 Å². The van der Waals surface area contributed by atoms with Crippen LogP contribution in [0.2, 0.25) is 0 Å². The lowest BCUT2D eigenvalue weighted by Gasteiger charge is -2.21. The third-order valence-electron chi connectivity index (χ3n) is 4.92. The molecule has 0 amide bonds. The average molecular weight is 272 g/mol. The SMILES string of the molecule is CC(CNC1CC1)c1ccc(CN2CCCC2C)cc1. The van der Waals surface area contributed by atoms with E-state index in [9.17, 15) is 0 Å². The minimum absolute atomic E-state index is 0.621. The van der Waals surface area contributed by atoms with Gasteiger partial charge in [0, 0.05) is 25.2 Å². The number of benzene rings is 1. The molecule has 0 spiro atoms. The van der Waals surface area contributed by atoms with E-state index in [1.165, 1.54) is 43.4 Å². The maximum Gasteiger partial charge on any atom is 0.0236 e. The lowest BCUT2D eigenvalue weighted by atomic mass is 9.99. The summed E-state index contributed by atoms with van der Waals surface area (Å²) in [6, 6.07) is 10.9. The van der Waals surface area contributed by atoms with Crippen molar-refractivity contribution in [2.75, 3.05) is 13.1 Å². The Morgan fingerprint density at radius 2 is 1.95 bits per heavy atom. The molecule has 2 heteroatoms. The number of hydrogen-bond donors (Lipinski definition) is 1. The summed E-state index contributed by atoms with van der Waals surface area (Å²) in [4.78, 5) is 2.60. The second kappa shape index (κ2) is 6.28.